The Morgan fingerprint density at radius 2 is 1.92 bits per heavy atom. The van der Waals surface area contributed by atoms with E-state index >= 15 is 0 Å². The Bertz CT molecular complexity index is 1070. The normalized spacial score (nSPS) is 11.5. The van der Waals surface area contributed by atoms with Gasteiger partial charge in [0.1, 0.15) is 16.6 Å². The second-order valence-corrected chi connectivity index (χ2v) is 6.78. The predicted molar refractivity (Wildman–Crippen MR) is 104 cm³/mol. The van der Waals surface area contributed by atoms with Crippen molar-refractivity contribution in [2.45, 2.75) is 13.5 Å². The van der Waals surface area contributed by atoms with Gasteiger partial charge >= 0.3 is 0 Å². The first-order chi connectivity index (χ1) is 12.7. The molecule has 0 saturated carbocycles. The Kier molecular flexibility index (Phi) is 4.45. The van der Waals surface area contributed by atoms with Gasteiger partial charge in [0.15, 0.2) is 0 Å². The van der Waals surface area contributed by atoms with Crippen LogP contribution in [0.5, 0.6) is 5.75 Å². The molecule has 0 atom stereocenters. The molecule has 6 nitrogen and oxygen atoms in total. The molecule has 0 radical (unpaired) electrons. The summed E-state index contributed by atoms with van der Waals surface area (Å²) in [7, 11) is 1.65. The van der Waals surface area contributed by atoms with Gasteiger partial charge in [0, 0.05) is 6.21 Å². The number of hydrogen-bond acceptors (Lipinski definition) is 6. The number of aryl methyl sites for hydroxylation is 1. The molecule has 130 valence electrons. The minimum Gasteiger partial charge on any atom is -0.497 e. The van der Waals surface area contributed by atoms with Crippen molar-refractivity contribution < 1.29 is 4.74 Å². The highest BCUT2D eigenvalue weighted by Crippen LogP contribution is 2.22. The maximum atomic E-state index is 5.15. The zero-order chi connectivity index (χ0) is 17.9. The van der Waals surface area contributed by atoms with Gasteiger partial charge in [0.25, 0.3) is 0 Å². The molecule has 7 heteroatoms. The molecule has 0 bridgehead atoms. The van der Waals surface area contributed by atoms with Crippen LogP contribution in [-0.4, -0.2) is 33.1 Å². The molecule has 0 aliphatic carbocycles. The van der Waals surface area contributed by atoms with Crippen LogP contribution in [0.15, 0.2) is 53.5 Å². The van der Waals surface area contributed by atoms with E-state index in [4.69, 9.17) is 4.74 Å². The standard InChI is InChI=1S/C19H17N5OS/c1-13-21-16-5-3-4-6-17(16)24(13)12-18-22-23-19(26-18)20-11-14-7-9-15(25-2)10-8-14/h3-11H,12H2,1-2H3/b20-11+. The van der Waals surface area contributed by atoms with Crippen molar-refractivity contribution in [2.24, 2.45) is 4.99 Å². The second kappa shape index (κ2) is 7.05. The van der Waals surface area contributed by atoms with E-state index in [0.29, 0.717) is 11.7 Å². The number of fused-ring (bicyclic) bond motifs is 1. The SMILES string of the molecule is COc1ccc(/C=N/c2nnc(Cn3c(C)nc4ccccc43)s2)cc1. The van der Waals surface area contributed by atoms with Crippen molar-refractivity contribution in [2.75, 3.05) is 7.11 Å². The molecule has 2 aromatic heterocycles. The lowest BCUT2D eigenvalue weighted by atomic mass is 10.2. The number of aromatic nitrogens is 4. The largest absolute Gasteiger partial charge is 0.497 e. The summed E-state index contributed by atoms with van der Waals surface area (Å²) in [5.41, 5.74) is 3.08. The highest BCUT2D eigenvalue weighted by atomic mass is 32.1. The fourth-order valence-corrected chi connectivity index (χ4v) is 3.38. The number of nitrogens with zero attached hydrogens (tertiary/aromatic N) is 5. The summed E-state index contributed by atoms with van der Waals surface area (Å²) in [5, 5.41) is 9.97. The second-order valence-electron chi connectivity index (χ2n) is 5.74. The first-order valence-corrected chi connectivity index (χ1v) is 8.97. The van der Waals surface area contributed by atoms with Gasteiger partial charge in [-0.25, -0.2) is 9.98 Å². The molecule has 0 amide bonds. The molecule has 0 spiro atoms. The molecule has 4 rings (SSSR count). The number of benzene rings is 2. The molecule has 4 aromatic rings. The highest BCUT2D eigenvalue weighted by Gasteiger charge is 2.10. The van der Waals surface area contributed by atoms with Gasteiger partial charge in [-0.15, -0.1) is 10.2 Å². The third-order valence-electron chi connectivity index (χ3n) is 4.03. The Labute approximate surface area is 154 Å². The van der Waals surface area contributed by atoms with Gasteiger partial charge < -0.3 is 9.30 Å². The third-order valence-corrected chi connectivity index (χ3v) is 4.85. The van der Waals surface area contributed by atoms with Gasteiger partial charge in [0.05, 0.1) is 24.7 Å². The minimum atomic E-state index is 0.637. The number of ether oxygens (including phenoxy) is 1. The quantitative estimate of drug-likeness (QED) is 0.503. The first kappa shape index (κ1) is 16.4. The average molecular weight is 363 g/mol. The van der Waals surface area contributed by atoms with Crippen LogP contribution in [0.4, 0.5) is 5.13 Å². The van der Waals surface area contributed by atoms with Crippen LogP contribution in [-0.2, 0) is 6.54 Å². The lowest BCUT2D eigenvalue weighted by Crippen LogP contribution is -2.01. The fourth-order valence-electron chi connectivity index (χ4n) is 2.71. The van der Waals surface area contributed by atoms with Crippen LogP contribution in [0.2, 0.25) is 0 Å². The maximum absolute atomic E-state index is 5.15. The molecule has 0 N–H and O–H groups in total. The number of rotatable bonds is 5. The molecule has 0 saturated heterocycles. The maximum Gasteiger partial charge on any atom is 0.231 e. The van der Waals surface area contributed by atoms with E-state index in [9.17, 15) is 0 Å². The number of imidazole rings is 1. The van der Waals surface area contributed by atoms with E-state index in [1.54, 1.807) is 13.3 Å². The summed E-state index contributed by atoms with van der Waals surface area (Å²) in [6.07, 6.45) is 1.78. The minimum absolute atomic E-state index is 0.637. The predicted octanol–water partition coefficient (Wildman–Crippen LogP) is 4.00. The van der Waals surface area contributed by atoms with Crippen LogP contribution >= 0.6 is 11.3 Å². The van der Waals surface area contributed by atoms with Gasteiger partial charge in [-0.3, -0.25) is 0 Å². The van der Waals surface area contributed by atoms with Crippen molar-refractivity contribution in [3.8, 4) is 5.75 Å². The molecule has 26 heavy (non-hydrogen) atoms. The molecule has 0 unspecified atom stereocenters. The van der Waals surface area contributed by atoms with E-state index in [1.165, 1.54) is 11.3 Å². The van der Waals surface area contributed by atoms with Gasteiger partial charge in [-0.1, -0.05) is 23.5 Å². The fraction of sp³-hybridized carbons (Fsp3) is 0.158. The van der Waals surface area contributed by atoms with Crippen molar-refractivity contribution in [1.82, 2.24) is 19.7 Å². The average Bonchev–Trinajstić information content (AvgIpc) is 3.25. The van der Waals surface area contributed by atoms with Gasteiger partial charge in [-0.05, 0) is 48.9 Å². The molecule has 0 aliphatic heterocycles. The Morgan fingerprint density at radius 3 is 2.73 bits per heavy atom. The number of methoxy groups -OCH3 is 1. The zero-order valence-electron chi connectivity index (χ0n) is 14.5. The van der Waals surface area contributed by atoms with Crippen molar-refractivity contribution in [3.63, 3.8) is 0 Å². The van der Waals surface area contributed by atoms with E-state index in [2.05, 4.69) is 30.8 Å². The first-order valence-electron chi connectivity index (χ1n) is 8.15. The van der Waals surface area contributed by atoms with E-state index in [0.717, 1.165) is 33.2 Å². The van der Waals surface area contributed by atoms with Crippen LogP contribution in [0.1, 0.15) is 16.4 Å². The topological polar surface area (TPSA) is 65.2 Å². The Hall–Kier alpha value is -3.06. The Balaban J connectivity index is 1.52. The third kappa shape index (κ3) is 3.34. The summed E-state index contributed by atoms with van der Waals surface area (Å²) >= 11 is 1.48. The van der Waals surface area contributed by atoms with E-state index in [1.807, 2.05) is 49.4 Å². The number of aliphatic imine (C=N–C) groups is 1. The molecule has 0 fully saturated rings. The summed E-state index contributed by atoms with van der Waals surface area (Å²) in [6.45, 7) is 2.64. The number of para-hydroxylation sites is 2. The van der Waals surface area contributed by atoms with Gasteiger partial charge in [0.2, 0.25) is 5.13 Å². The molecule has 2 heterocycles. The van der Waals surface area contributed by atoms with Crippen molar-refractivity contribution >= 4 is 33.7 Å². The van der Waals surface area contributed by atoms with E-state index < -0.39 is 0 Å². The molecule has 2 aromatic carbocycles. The lowest BCUT2D eigenvalue weighted by molar-refractivity contribution is 0.415. The van der Waals surface area contributed by atoms with Crippen LogP contribution < -0.4 is 4.74 Å². The zero-order valence-corrected chi connectivity index (χ0v) is 15.3. The smallest absolute Gasteiger partial charge is 0.231 e. The molecular weight excluding hydrogens is 346 g/mol. The molecule has 0 aliphatic rings. The van der Waals surface area contributed by atoms with Crippen LogP contribution in [0, 0.1) is 6.92 Å². The summed E-state index contributed by atoms with van der Waals surface area (Å²) in [6, 6.07) is 15.8. The highest BCUT2D eigenvalue weighted by molar-refractivity contribution is 7.14. The van der Waals surface area contributed by atoms with E-state index in [-0.39, 0.29) is 0 Å². The van der Waals surface area contributed by atoms with Crippen molar-refractivity contribution in [1.29, 1.82) is 0 Å². The molecular formula is C19H17N5OS. The summed E-state index contributed by atoms with van der Waals surface area (Å²) in [4.78, 5) is 9.01. The van der Waals surface area contributed by atoms with Crippen LogP contribution in [0.3, 0.4) is 0 Å². The van der Waals surface area contributed by atoms with Crippen molar-refractivity contribution in [3.05, 3.63) is 64.9 Å². The summed E-state index contributed by atoms with van der Waals surface area (Å²) in [5.74, 6) is 1.79. The van der Waals surface area contributed by atoms with Crippen LogP contribution in [0.25, 0.3) is 11.0 Å². The monoisotopic (exact) mass is 363 g/mol. The Morgan fingerprint density at radius 1 is 1.12 bits per heavy atom. The number of hydrogen-bond donors (Lipinski definition) is 0. The summed E-state index contributed by atoms with van der Waals surface area (Å²) < 4.78 is 7.30. The van der Waals surface area contributed by atoms with Gasteiger partial charge in [-0.2, -0.15) is 0 Å². The lowest BCUT2D eigenvalue weighted by Gasteiger charge is -2.02.